The monoisotopic (exact) mass is 438 g/mol. The molecule has 1 fully saturated rings. The summed E-state index contributed by atoms with van der Waals surface area (Å²) >= 11 is 1.85. The molecule has 0 bridgehead atoms. The second-order valence-corrected chi connectivity index (χ2v) is 6.04. The zero-order valence-corrected chi connectivity index (χ0v) is 13.7. The quantitative estimate of drug-likeness (QED) is 0.690. The van der Waals surface area contributed by atoms with Crippen molar-refractivity contribution in [3.8, 4) is 0 Å². The van der Waals surface area contributed by atoms with Gasteiger partial charge in [0.25, 0.3) is 6.43 Å². The Hall–Kier alpha value is -1.85. The number of hydrogen-bond acceptors (Lipinski definition) is 4. The minimum absolute atomic E-state index is 0.0921. The molecule has 1 atom stereocenters. The van der Waals surface area contributed by atoms with Crippen LogP contribution in [-0.4, -0.2) is 33.7 Å². The van der Waals surface area contributed by atoms with Gasteiger partial charge in [0.05, 0.1) is 25.0 Å². The van der Waals surface area contributed by atoms with Crippen LogP contribution < -0.4 is 4.90 Å². The van der Waals surface area contributed by atoms with Crippen LogP contribution in [0, 0.1) is 9.39 Å². The number of halogens is 4. The highest BCUT2D eigenvalue weighted by molar-refractivity contribution is 14.1. The van der Waals surface area contributed by atoms with Crippen LogP contribution in [0.4, 0.5) is 23.7 Å². The summed E-state index contributed by atoms with van der Waals surface area (Å²) in [4.78, 5) is 13.2. The second-order valence-electron chi connectivity index (χ2n) is 4.88. The van der Waals surface area contributed by atoms with Gasteiger partial charge in [-0.3, -0.25) is 4.90 Å². The Kier molecular flexibility index (Phi) is 4.41. The fraction of sp³-hybridized carbons (Fsp3) is 0.308. The largest absolute Gasteiger partial charge is 0.442 e. The molecule has 2 heterocycles. The maximum absolute atomic E-state index is 13.6. The summed E-state index contributed by atoms with van der Waals surface area (Å²) in [5.74, 6) is -0.433. The van der Waals surface area contributed by atoms with E-state index >= 15 is 0 Å². The minimum Gasteiger partial charge on any atom is -0.442 e. The van der Waals surface area contributed by atoms with E-state index in [0.717, 1.165) is 6.20 Å². The third-order valence-electron chi connectivity index (χ3n) is 3.26. The number of ether oxygens (including phenoxy) is 1. The fourth-order valence-corrected chi connectivity index (χ4v) is 2.53. The molecule has 2 aromatic rings. The highest BCUT2D eigenvalue weighted by Gasteiger charge is 2.33. The van der Waals surface area contributed by atoms with Crippen molar-refractivity contribution in [2.75, 3.05) is 11.4 Å². The first-order valence-corrected chi connectivity index (χ1v) is 7.63. The van der Waals surface area contributed by atoms with Crippen molar-refractivity contribution in [3.05, 3.63) is 39.5 Å². The van der Waals surface area contributed by atoms with Gasteiger partial charge in [-0.15, -0.1) is 5.10 Å². The topological polar surface area (TPSA) is 60.3 Å². The van der Waals surface area contributed by atoms with Crippen LogP contribution in [-0.2, 0) is 11.3 Å². The lowest BCUT2D eigenvalue weighted by atomic mass is 10.2. The van der Waals surface area contributed by atoms with Gasteiger partial charge in [-0.2, -0.15) is 0 Å². The first kappa shape index (κ1) is 16.0. The predicted octanol–water partition coefficient (Wildman–Crippen LogP) is 2.98. The van der Waals surface area contributed by atoms with Crippen molar-refractivity contribution in [2.45, 2.75) is 19.1 Å². The van der Waals surface area contributed by atoms with E-state index in [1.165, 1.54) is 15.6 Å². The van der Waals surface area contributed by atoms with Gasteiger partial charge in [-0.1, -0.05) is 5.21 Å². The third kappa shape index (κ3) is 3.41. The summed E-state index contributed by atoms with van der Waals surface area (Å²) in [5.41, 5.74) is -0.0619. The number of nitrogens with zero attached hydrogens (tertiary/aromatic N) is 4. The lowest BCUT2D eigenvalue weighted by Crippen LogP contribution is -2.26. The van der Waals surface area contributed by atoms with E-state index in [1.807, 2.05) is 22.6 Å². The summed E-state index contributed by atoms with van der Waals surface area (Å²) in [6, 6.07) is 4.41. The van der Waals surface area contributed by atoms with E-state index < -0.39 is 30.1 Å². The van der Waals surface area contributed by atoms with Crippen LogP contribution in [0.5, 0.6) is 0 Å². The van der Waals surface area contributed by atoms with E-state index in [0.29, 0.717) is 9.26 Å². The zero-order valence-electron chi connectivity index (χ0n) is 11.5. The molecular weight excluding hydrogens is 428 g/mol. The first-order valence-electron chi connectivity index (χ1n) is 6.55. The molecule has 0 N–H and O–H groups in total. The van der Waals surface area contributed by atoms with Crippen molar-refractivity contribution >= 4 is 34.4 Å². The molecule has 1 saturated heterocycles. The van der Waals surface area contributed by atoms with Crippen molar-refractivity contribution in [1.82, 2.24) is 15.0 Å². The molecule has 23 heavy (non-hydrogen) atoms. The van der Waals surface area contributed by atoms with Gasteiger partial charge in [0, 0.05) is 3.57 Å². The number of anilines is 1. The summed E-state index contributed by atoms with van der Waals surface area (Å²) in [7, 11) is 0. The van der Waals surface area contributed by atoms with E-state index in [4.69, 9.17) is 4.74 Å². The SMILES string of the molecule is O=C1O[C@@H](Cn2cc(C(F)F)nn2)CN1c1ccc(I)c(F)c1. The Bertz CT molecular complexity index is 740. The molecule has 1 amide bonds. The molecule has 1 aromatic heterocycles. The van der Waals surface area contributed by atoms with Gasteiger partial charge in [0.1, 0.15) is 17.6 Å². The van der Waals surface area contributed by atoms with Crippen LogP contribution in [0.3, 0.4) is 0 Å². The number of benzene rings is 1. The van der Waals surface area contributed by atoms with Gasteiger partial charge in [0.2, 0.25) is 0 Å². The van der Waals surface area contributed by atoms with Gasteiger partial charge in [-0.05, 0) is 40.8 Å². The van der Waals surface area contributed by atoms with E-state index in [2.05, 4.69) is 10.3 Å². The smallest absolute Gasteiger partial charge is 0.414 e. The van der Waals surface area contributed by atoms with Crippen LogP contribution in [0.25, 0.3) is 0 Å². The molecular formula is C13H10F3IN4O2. The Morgan fingerprint density at radius 1 is 1.43 bits per heavy atom. The summed E-state index contributed by atoms with van der Waals surface area (Å²) in [6.45, 7) is 0.261. The average molecular weight is 438 g/mol. The highest BCUT2D eigenvalue weighted by Crippen LogP contribution is 2.25. The molecule has 0 radical (unpaired) electrons. The number of cyclic esters (lactones) is 1. The molecule has 122 valence electrons. The number of amides is 1. The Balaban J connectivity index is 1.70. The van der Waals surface area contributed by atoms with Gasteiger partial charge in [0.15, 0.2) is 0 Å². The van der Waals surface area contributed by atoms with Crippen LogP contribution in [0.15, 0.2) is 24.4 Å². The van der Waals surface area contributed by atoms with Gasteiger partial charge < -0.3 is 4.74 Å². The van der Waals surface area contributed by atoms with Crippen molar-refractivity contribution in [2.24, 2.45) is 0 Å². The molecule has 0 spiro atoms. The maximum Gasteiger partial charge on any atom is 0.414 e. The van der Waals surface area contributed by atoms with Crippen LogP contribution >= 0.6 is 22.6 Å². The molecule has 6 nitrogen and oxygen atoms in total. The highest BCUT2D eigenvalue weighted by atomic mass is 127. The van der Waals surface area contributed by atoms with Gasteiger partial charge >= 0.3 is 6.09 Å². The standard InChI is InChI=1S/C13H10F3IN4O2/c14-9-3-7(1-2-10(9)17)21-5-8(23-13(21)22)4-20-6-11(12(15)16)18-19-20/h1-3,6,8,12H,4-5H2/t8-/m0/s1. The summed E-state index contributed by atoms with van der Waals surface area (Å²) in [6.07, 6.45) is -2.81. The second kappa shape index (κ2) is 6.34. The number of hydrogen-bond donors (Lipinski definition) is 0. The Labute approximate surface area is 142 Å². The van der Waals surface area contributed by atoms with Crippen molar-refractivity contribution < 1.29 is 22.7 Å². The normalized spacial score (nSPS) is 17.9. The number of aromatic nitrogens is 3. The maximum atomic E-state index is 13.6. The van der Waals surface area contributed by atoms with E-state index in [-0.39, 0.29) is 13.1 Å². The van der Waals surface area contributed by atoms with Crippen LogP contribution in [0.1, 0.15) is 12.1 Å². The number of carbonyl (C=O) groups is 1. The van der Waals surface area contributed by atoms with Crippen molar-refractivity contribution in [1.29, 1.82) is 0 Å². The number of carbonyl (C=O) groups excluding carboxylic acids is 1. The van der Waals surface area contributed by atoms with E-state index in [1.54, 1.807) is 12.1 Å². The minimum atomic E-state index is -2.71. The van der Waals surface area contributed by atoms with Crippen LogP contribution in [0.2, 0.25) is 0 Å². The third-order valence-corrected chi connectivity index (χ3v) is 4.13. The van der Waals surface area contributed by atoms with E-state index in [9.17, 15) is 18.0 Å². The Morgan fingerprint density at radius 2 is 2.22 bits per heavy atom. The molecule has 1 aliphatic rings. The first-order chi connectivity index (χ1) is 10.9. The molecule has 0 saturated carbocycles. The number of alkyl halides is 2. The molecule has 10 heteroatoms. The lowest BCUT2D eigenvalue weighted by Gasteiger charge is -2.13. The summed E-state index contributed by atoms with van der Waals surface area (Å²) < 4.78 is 45.3. The van der Waals surface area contributed by atoms with Gasteiger partial charge in [-0.25, -0.2) is 22.6 Å². The molecule has 1 aromatic carbocycles. The number of rotatable bonds is 4. The predicted molar refractivity (Wildman–Crippen MR) is 81.7 cm³/mol. The molecule has 1 aliphatic heterocycles. The lowest BCUT2D eigenvalue weighted by molar-refractivity contribution is 0.129. The Morgan fingerprint density at radius 3 is 2.87 bits per heavy atom. The fourth-order valence-electron chi connectivity index (χ4n) is 2.19. The zero-order chi connectivity index (χ0) is 16.6. The average Bonchev–Trinajstić information content (AvgIpc) is 3.09. The molecule has 0 unspecified atom stereocenters. The molecule has 0 aliphatic carbocycles. The summed E-state index contributed by atoms with van der Waals surface area (Å²) in [5, 5.41) is 6.90. The molecule has 3 rings (SSSR count). The van der Waals surface area contributed by atoms with Crippen molar-refractivity contribution in [3.63, 3.8) is 0 Å².